The van der Waals surface area contributed by atoms with E-state index in [2.05, 4.69) is 5.32 Å². The van der Waals surface area contributed by atoms with Crippen LogP contribution in [0.5, 0.6) is 23.0 Å². The van der Waals surface area contributed by atoms with Crippen LogP contribution in [0.15, 0.2) is 42.5 Å². The van der Waals surface area contributed by atoms with Gasteiger partial charge in [-0.05, 0) is 56.2 Å². The van der Waals surface area contributed by atoms with Crippen molar-refractivity contribution in [1.82, 2.24) is 5.32 Å². The number of benzene rings is 2. The molecule has 2 aromatic carbocycles. The summed E-state index contributed by atoms with van der Waals surface area (Å²) < 4.78 is 21.8. The van der Waals surface area contributed by atoms with Gasteiger partial charge < -0.3 is 24.3 Å². The molecule has 6 heteroatoms. The summed E-state index contributed by atoms with van der Waals surface area (Å²) in [7, 11) is 1.57. The maximum atomic E-state index is 12.5. The Labute approximate surface area is 165 Å². The number of hydrogen-bond acceptors (Lipinski definition) is 5. The van der Waals surface area contributed by atoms with Gasteiger partial charge in [-0.2, -0.15) is 0 Å². The summed E-state index contributed by atoms with van der Waals surface area (Å²) >= 11 is 0. The zero-order valence-electron chi connectivity index (χ0n) is 16.6. The molecule has 0 unspecified atom stereocenters. The van der Waals surface area contributed by atoms with Crippen LogP contribution < -0.4 is 24.3 Å². The summed E-state index contributed by atoms with van der Waals surface area (Å²) in [6.45, 7) is 5.90. The number of rotatable bonds is 7. The summed E-state index contributed by atoms with van der Waals surface area (Å²) in [4.78, 5) is 12.5. The van der Waals surface area contributed by atoms with Crippen molar-refractivity contribution in [1.29, 1.82) is 0 Å². The minimum Gasteiger partial charge on any atom is -0.493 e. The molecule has 0 atom stereocenters. The van der Waals surface area contributed by atoms with Crippen molar-refractivity contribution < 1.29 is 23.7 Å². The average molecular weight is 383 g/mol. The number of amides is 1. The van der Waals surface area contributed by atoms with Gasteiger partial charge in [0.2, 0.25) is 6.79 Å². The molecule has 28 heavy (non-hydrogen) atoms. The van der Waals surface area contributed by atoms with Gasteiger partial charge in [-0.25, -0.2) is 0 Å². The van der Waals surface area contributed by atoms with Gasteiger partial charge >= 0.3 is 0 Å². The van der Waals surface area contributed by atoms with Crippen LogP contribution in [-0.2, 0) is 10.3 Å². The zero-order chi connectivity index (χ0) is 20.1. The van der Waals surface area contributed by atoms with Crippen LogP contribution >= 0.6 is 0 Å². The lowest BCUT2D eigenvalue weighted by Crippen LogP contribution is -2.43. The van der Waals surface area contributed by atoms with Crippen molar-refractivity contribution in [2.24, 2.45) is 0 Å². The van der Waals surface area contributed by atoms with E-state index in [1.165, 1.54) is 0 Å². The molecule has 1 aliphatic rings. The predicted octanol–water partition coefficient (Wildman–Crippen LogP) is 3.89. The summed E-state index contributed by atoms with van der Waals surface area (Å²) in [5, 5.41) is 2.99. The average Bonchev–Trinajstić information content (AvgIpc) is 3.14. The number of nitrogens with one attached hydrogen (secondary N) is 1. The maximum Gasteiger partial charge on any atom is 0.258 e. The fourth-order valence-corrected chi connectivity index (χ4v) is 2.98. The first kappa shape index (κ1) is 19.6. The quantitative estimate of drug-likeness (QED) is 0.786. The Balaban J connectivity index is 1.63. The number of hydrogen-bond donors (Lipinski definition) is 1. The van der Waals surface area contributed by atoms with Crippen LogP contribution in [0.1, 0.15) is 31.9 Å². The van der Waals surface area contributed by atoms with Crippen molar-refractivity contribution in [2.45, 2.75) is 26.3 Å². The van der Waals surface area contributed by atoms with Crippen LogP contribution in [0, 0.1) is 0 Å². The number of carbonyl (C=O) groups excluding carboxylic acids is 1. The van der Waals surface area contributed by atoms with E-state index in [1.54, 1.807) is 13.2 Å². The van der Waals surface area contributed by atoms with E-state index in [1.807, 2.05) is 63.3 Å². The lowest BCUT2D eigenvalue weighted by Gasteiger charge is -2.27. The SMILES string of the molecule is C/C=C/c1ccc(OCC(=O)NC(C)(C)c2ccc3c(c2)OCO3)c(OC)c1. The van der Waals surface area contributed by atoms with E-state index in [-0.39, 0.29) is 19.3 Å². The van der Waals surface area contributed by atoms with Crippen LogP contribution in [0.3, 0.4) is 0 Å². The Bertz CT molecular complexity index is 888. The third-order valence-electron chi connectivity index (χ3n) is 4.45. The first-order chi connectivity index (χ1) is 13.4. The molecular formula is C22H25NO5. The molecule has 1 amide bonds. The van der Waals surface area contributed by atoms with Crippen molar-refractivity contribution in [3.63, 3.8) is 0 Å². The van der Waals surface area contributed by atoms with Gasteiger partial charge in [0.1, 0.15) is 0 Å². The molecule has 0 spiro atoms. The number of carbonyl (C=O) groups is 1. The Hall–Kier alpha value is -3.15. The van der Waals surface area contributed by atoms with E-state index < -0.39 is 5.54 Å². The van der Waals surface area contributed by atoms with Gasteiger partial charge in [0, 0.05) is 0 Å². The van der Waals surface area contributed by atoms with Gasteiger partial charge in [0.25, 0.3) is 5.91 Å². The first-order valence-electron chi connectivity index (χ1n) is 9.07. The molecule has 0 aliphatic carbocycles. The lowest BCUT2D eigenvalue weighted by atomic mass is 9.94. The molecule has 1 heterocycles. The summed E-state index contributed by atoms with van der Waals surface area (Å²) in [5.74, 6) is 2.26. The highest BCUT2D eigenvalue weighted by molar-refractivity contribution is 5.78. The molecule has 3 rings (SSSR count). The van der Waals surface area contributed by atoms with E-state index in [9.17, 15) is 4.79 Å². The van der Waals surface area contributed by atoms with Gasteiger partial charge in [0.15, 0.2) is 29.6 Å². The topological polar surface area (TPSA) is 66.0 Å². The van der Waals surface area contributed by atoms with E-state index in [4.69, 9.17) is 18.9 Å². The molecule has 0 radical (unpaired) electrons. The van der Waals surface area contributed by atoms with Crippen molar-refractivity contribution >= 4 is 12.0 Å². The second kappa shape index (κ2) is 8.25. The fourth-order valence-electron chi connectivity index (χ4n) is 2.98. The maximum absolute atomic E-state index is 12.5. The van der Waals surface area contributed by atoms with Gasteiger partial charge in [-0.3, -0.25) is 4.79 Å². The van der Waals surface area contributed by atoms with E-state index >= 15 is 0 Å². The standard InChI is InChI=1S/C22H25NO5/c1-5-6-15-7-9-17(19(11-15)25-4)26-13-21(24)23-22(2,3)16-8-10-18-20(12-16)28-14-27-18/h5-12H,13-14H2,1-4H3,(H,23,24)/b6-5+. The summed E-state index contributed by atoms with van der Waals surface area (Å²) in [6.07, 6.45) is 3.91. The molecule has 0 aromatic heterocycles. The van der Waals surface area contributed by atoms with Gasteiger partial charge in [0.05, 0.1) is 12.6 Å². The normalized spacial score (nSPS) is 12.9. The molecule has 6 nitrogen and oxygen atoms in total. The number of allylic oxidation sites excluding steroid dienone is 1. The predicted molar refractivity (Wildman–Crippen MR) is 107 cm³/mol. The second-order valence-corrected chi connectivity index (χ2v) is 6.94. The molecule has 148 valence electrons. The third-order valence-corrected chi connectivity index (χ3v) is 4.45. The Morgan fingerprint density at radius 3 is 2.68 bits per heavy atom. The minimum atomic E-state index is -0.596. The molecule has 1 N–H and O–H groups in total. The molecule has 0 bridgehead atoms. The number of methoxy groups -OCH3 is 1. The van der Waals surface area contributed by atoms with E-state index in [0.717, 1.165) is 11.1 Å². The molecule has 0 fully saturated rings. The zero-order valence-corrected chi connectivity index (χ0v) is 16.6. The first-order valence-corrected chi connectivity index (χ1v) is 9.07. The molecule has 0 saturated carbocycles. The van der Waals surface area contributed by atoms with E-state index in [0.29, 0.717) is 23.0 Å². The Kier molecular flexibility index (Phi) is 5.78. The second-order valence-electron chi connectivity index (χ2n) is 6.94. The van der Waals surface area contributed by atoms with Crippen LogP contribution in [-0.4, -0.2) is 26.4 Å². The Morgan fingerprint density at radius 2 is 1.93 bits per heavy atom. The molecule has 1 aliphatic heterocycles. The number of fused-ring (bicyclic) bond motifs is 1. The van der Waals surface area contributed by atoms with Crippen LogP contribution in [0.2, 0.25) is 0 Å². The highest BCUT2D eigenvalue weighted by Gasteiger charge is 2.26. The number of ether oxygens (including phenoxy) is 4. The monoisotopic (exact) mass is 383 g/mol. The smallest absolute Gasteiger partial charge is 0.258 e. The largest absolute Gasteiger partial charge is 0.493 e. The molecule has 2 aromatic rings. The lowest BCUT2D eigenvalue weighted by molar-refractivity contribution is -0.124. The van der Waals surface area contributed by atoms with Crippen molar-refractivity contribution in [2.75, 3.05) is 20.5 Å². The summed E-state index contributed by atoms with van der Waals surface area (Å²) in [5.41, 5.74) is 1.32. The van der Waals surface area contributed by atoms with Gasteiger partial charge in [-0.1, -0.05) is 24.3 Å². The highest BCUT2D eigenvalue weighted by atomic mass is 16.7. The minimum absolute atomic E-state index is 0.118. The third kappa shape index (κ3) is 4.39. The summed E-state index contributed by atoms with van der Waals surface area (Å²) in [6, 6.07) is 11.2. The van der Waals surface area contributed by atoms with Crippen LogP contribution in [0.25, 0.3) is 6.08 Å². The molecule has 0 saturated heterocycles. The molecular weight excluding hydrogens is 358 g/mol. The van der Waals surface area contributed by atoms with Crippen molar-refractivity contribution in [3.8, 4) is 23.0 Å². The Morgan fingerprint density at radius 1 is 1.14 bits per heavy atom. The fraction of sp³-hybridized carbons (Fsp3) is 0.318. The van der Waals surface area contributed by atoms with Crippen LogP contribution in [0.4, 0.5) is 0 Å². The highest BCUT2D eigenvalue weighted by Crippen LogP contribution is 2.35. The van der Waals surface area contributed by atoms with Gasteiger partial charge in [-0.15, -0.1) is 0 Å². The van der Waals surface area contributed by atoms with Crippen molar-refractivity contribution in [3.05, 3.63) is 53.6 Å².